The van der Waals surface area contributed by atoms with Crippen LogP contribution in [0.2, 0.25) is 0 Å². The molecule has 0 saturated carbocycles. The molecule has 3 heterocycles. The minimum atomic E-state index is -0.542. The van der Waals surface area contributed by atoms with Gasteiger partial charge in [-0.25, -0.2) is 9.79 Å². The number of guanidine groups is 1. The van der Waals surface area contributed by atoms with Gasteiger partial charge >= 0.3 is 6.03 Å². The molecule has 7 nitrogen and oxygen atoms in total. The first-order valence-corrected chi connectivity index (χ1v) is 9.42. The maximum atomic E-state index is 13.2. The molecule has 0 aliphatic carbocycles. The van der Waals surface area contributed by atoms with Crippen molar-refractivity contribution in [2.75, 3.05) is 13.6 Å². The molecule has 4 rings (SSSR count). The van der Waals surface area contributed by atoms with E-state index in [-0.39, 0.29) is 24.5 Å². The first-order valence-electron chi connectivity index (χ1n) is 9.42. The van der Waals surface area contributed by atoms with Crippen LogP contribution in [0.3, 0.4) is 0 Å². The van der Waals surface area contributed by atoms with Gasteiger partial charge < -0.3 is 14.7 Å². The second-order valence-corrected chi connectivity index (χ2v) is 7.70. The van der Waals surface area contributed by atoms with Crippen LogP contribution in [0.25, 0.3) is 0 Å². The smallest absolute Gasteiger partial charge is 0.308 e. The Balaban J connectivity index is 1.68. The maximum Gasteiger partial charge on any atom is 0.328 e. The number of imide groups is 1. The number of allylic oxidation sites excluding steroid dienone is 1. The second kappa shape index (κ2) is 6.51. The Bertz CT molecular complexity index is 907. The van der Waals surface area contributed by atoms with Crippen molar-refractivity contribution in [3.05, 3.63) is 59.9 Å². The van der Waals surface area contributed by atoms with E-state index in [1.807, 2.05) is 43.1 Å². The van der Waals surface area contributed by atoms with Crippen LogP contribution in [0.1, 0.15) is 32.4 Å². The monoisotopic (exact) mass is 379 g/mol. The Morgan fingerprint density at radius 2 is 1.93 bits per heavy atom. The van der Waals surface area contributed by atoms with Crippen LogP contribution in [0.4, 0.5) is 4.79 Å². The average molecular weight is 379 g/mol. The minimum absolute atomic E-state index is 0.0592. The summed E-state index contributed by atoms with van der Waals surface area (Å²) < 4.78 is 0. The number of amides is 3. The van der Waals surface area contributed by atoms with Gasteiger partial charge in [0.15, 0.2) is 12.2 Å². The molecule has 3 aliphatic rings. The summed E-state index contributed by atoms with van der Waals surface area (Å²) in [6, 6.07) is 9.37. The quantitative estimate of drug-likeness (QED) is 0.755. The Morgan fingerprint density at radius 3 is 2.57 bits per heavy atom. The van der Waals surface area contributed by atoms with Gasteiger partial charge in [0.25, 0.3) is 5.91 Å². The average Bonchev–Trinajstić information content (AvgIpc) is 3.18. The number of carbonyl (C=O) groups is 2. The van der Waals surface area contributed by atoms with Gasteiger partial charge in [-0.3, -0.25) is 9.69 Å². The van der Waals surface area contributed by atoms with Crippen molar-refractivity contribution in [3.8, 4) is 0 Å². The van der Waals surface area contributed by atoms with Gasteiger partial charge in [-0.1, -0.05) is 42.5 Å². The van der Waals surface area contributed by atoms with E-state index in [0.29, 0.717) is 5.96 Å². The number of aliphatic imine (C=N–C) groups is 1. The van der Waals surface area contributed by atoms with Crippen molar-refractivity contribution in [1.29, 1.82) is 0 Å². The molecule has 146 valence electrons. The number of fused-ring (bicyclic) bond motifs is 3. The molecule has 0 spiro atoms. The van der Waals surface area contributed by atoms with Crippen molar-refractivity contribution >= 4 is 17.9 Å². The van der Waals surface area contributed by atoms with Gasteiger partial charge in [0, 0.05) is 18.9 Å². The van der Waals surface area contributed by atoms with Crippen LogP contribution < -0.4 is 0 Å². The largest absolute Gasteiger partial charge is 0.328 e. The number of carbonyl (C=O) groups excluding carboxylic acids is 2. The molecule has 3 atom stereocenters. The summed E-state index contributed by atoms with van der Waals surface area (Å²) in [5, 5.41) is 0. The fourth-order valence-corrected chi connectivity index (χ4v) is 4.15. The number of urea groups is 1. The van der Waals surface area contributed by atoms with Gasteiger partial charge in [-0.15, -0.1) is 0 Å². The van der Waals surface area contributed by atoms with Crippen molar-refractivity contribution in [2.24, 2.45) is 4.99 Å². The first-order chi connectivity index (χ1) is 13.3. The number of hydrogen-bond acceptors (Lipinski definition) is 5. The number of nitrogens with zero attached hydrogens (tertiary/aromatic N) is 5. The van der Waals surface area contributed by atoms with Gasteiger partial charge in [-0.05, 0) is 26.3 Å². The second-order valence-electron chi connectivity index (χ2n) is 7.70. The zero-order chi connectivity index (χ0) is 20.2. The molecule has 1 aromatic carbocycles. The van der Waals surface area contributed by atoms with E-state index in [2.05, 4.69) is 30.5 Å². The number of rotatable bonds is 4. The normalized spacial score (nSPS) is 24.9. The third-order valence-corrected chi connectivity index (χ3v) is 5.53. The summed E-state index contributed by atoms with van der Waals surface area (Å²) in [7, 11) is 1.70. The number of hydrogen-bond donors (Lipinski definition) is 0. The summed E-state index contributed by atoms with van der Waals surface area (Å²) in [5.74, 6) is 0.488. The van der Waals surface area contributed by atoms with Gasteiger partial charge in [0.2, 0.25) is 5.96 Å². The highest BCUT2D eigenvalue weighted by atomic mass is 16.2. The van der Waals surface area contributed by atoms with E-state index in [1.54, 1.807) is 11.9 Å². The van der Waals surface area contributed by atoms with Gasteiger partial charge in [0.05, 0.1) is 12.6 Å². The van der Waals surface area contributed by atoms with Crippen molar-refractivity contribution in [2.45, 2.75) is 39.0 Å². The third kappa shape index (κ3) is 2.61. The van der Waals surface area contributed by atoms with Gasteiger partial charge in [-0.2, -0.15) is 0 Å². The lowest BCUT2D eigenvalue weighted by Crippen LogP contribution is -2.64. The lowest BCUT2D eigenvalue weighted by atomic mass is 10.1. The highest BCUT2D eigenvalue weighted by Gasteiger charge is 2.54. The van der Waals surface area contributed by atoms with E-state index in [9.17, 15) is 9.59 Å². The van der Waals surface area contributed by atoms with Crippen LogP contribution >= 0.6 is 0 Å². The van der Waals surface area contributed by atoms with E-state index >= 15 is 0 Å². The highest BCUT2D eigenvalue weighted by Crippen LogP contribution is 2.38. The van der Waals surface area contributed by atoms with Crippen LogP contribution in [0.5, 0.6) is 0 Å². The van der Waals surface area contributed by atoms with Crippen molar-refractivity contribution < 1.29 is 9.59 Å². The molecule has 0 bridgehead atoms. The van der Waals surface area contributed by atoms with Crippen LogP contribution in [0, 0.1) is 0 Å². The summed E-state index contributed by atoms with van der Waals surface area (Å²) in [4.78, 5) is 37.5. The predicted molar refractivity (Wildman–Crippen MR) is 107 cm³/mol. The molecule has 3 amide bonds. The van der Waals surface area contributed by atoms with Crippen molar-refractivity contribution in [3.63, 3.8) is 0 Å². The maximum absolute atomic E-state index is 13.2. The Hall–Kier alpha value is -3.09. The molecule has 28 heavy (non-hydrogen) atoms. The Kier molecular flexibility index (Phi) is 4.25. The van der Waals surface area contributed by atoms with Crippen LogP contribution in [-0.2, 0) is 4.79 Å². The lowest BCUT2D eigenvalue weighted by Gasteiger charge is -2.40. The van der Waals surface area contributed by atoms with E-state index in [0.717, 1.165) is 16.8 Å². The molecule has 3 unspecified atom stereocenters. The van der Waals surface area contributed by atoms with Crippen LogP contribution in [-0.4, -0.2) is 63.3 Å². The van der Waals surface area contributed by atoms with Gasteiger partial charge in [0.1, 0.15) is 0 Å². The molecular weight excluding hydrogens is 354 g/mol. The standard InChI is InChI=1S/C21H25N5O2/c1-13(2)11-25-19(27)17-18(23(5)21(25)28)22-20-24(17)12-14(3)26(20)15(4)16-9-7-6-8-10-16/h6-10,12,15,17-18H,1,11H2,2-5H3. The third-order valence-electron chi connectivity index (χ3n) is 5.53. The lowest BCUT2D eigenvalue weighted by molar-refractivity contribution is -0.136. The Morgan fingerprint density at radius 1 is 1.25 bits per heavy atom. The molecule has 0 radical (unpaired) electrons. The topological polar surface area (TPSA) is 59.5 Å². The molecule has 1 saturated heterocycles. The zero-order valence-corrected chi connectivity index (χ0v) is 16.7. The van der Waals surface area contributed by atoms with Crippen LogP contribution in [0.15, 0.2) is 59.4 Å². The highest BCUT2D eigenvalue weighted by molar-refractivity contribution is 6.05. The summed E-state index contributed by atoms with van der Waals surface area (Å²) in [6.07, 6.45) is 1.44. The summed E-state index contributed by atoms with van der Waals surface area (Å²) in [5.41, 5.74) is 2.95. The number of benzene rings is 1. The number of likely N-dealkylation sites (N-methyl/N-ethyl adjacent to an activating group) is 1. The summed E-state index contributed by atoms with van der Waals surface area (Å²) >= 11 is 0. The molecular formula is C21H25N5O2. The first kappa shape index (κ1) is 18.3. The molecule has 1 aromatic rings. The molecule has 0 N–H and O–H groups in total. The molecule has 1 fully saturated rings. The fraction of sp³-hybridized carbons (Fsp3) is 0.381. The molecule has 3 aliphatic heterocycles. The molecule has 0 aromatic heterocycles. The predicted octanol–water partition coefficient (Wildman–Crippen LogP) is 2.76. The SMILES string of the molecule is C=C(C)CN1C(=O)C2C(N=C3N2C=C(C)N3C(C)c2ccccc2)N(C)C1=O. The zero-order valence-electron chi connectivity index (χ0n) is 16.7. The molecule has 7 heteroatoms. The van der Waals surface area contributed by atoms with E-state index in [4.69, 9.17) is 4.99 Å². The van der Waals surface area contributed by atoms with E-state index < -0.39 is 12.2 Å². The fourth-order valence-electron chi connectivity index (χ4n) is 4.15. The minimum Gasteiger partial charge on any atom is -0.308 e. The summed E-state index contributed by atoms with van der Waals surface area (Å²) in [6.45, 7) is 10.0. The van der Waals surface area contributed by atoms with Crippen molar-refractivity contribution in [1.82, 2.24) is 19.6 Å². The Labute approximate surface area is 165 Å². The van der Waals surface area contributed by atoms with E-state index in [1.165, 1.54) is 4.90 Å².